The molecule has 0 aliphatic carbocycles. The van der Waals surface area contributed by atoms with Crippen molar-refractivity contribution in [1.29, 1.82) is 0 Å². The van der Waals surface area contributed by atoms with E-state index < -0.39 is 5.97 Å². The molecule has 6 heteroatoms. The third-order valence-electron chi connectivity index (χ3n) is 4.83. The number of ether oxygens (including phenoxy) is 3. The van der Waals surface area contributed by atoms with Gasteiger partial charge in [0, 0.05) is 6.42 Å². The van der Waals surface area contributed by atoms with Crippen LogP contribution in [0.2, 0.25) is 0 Å². The van der Waals surface area contributed by atoms with Crippen LogP contribution in [0.1, 0.15) is 27.9 Å². The molecule has 1 amide bonds. The molecule has 3 rings (SSSR count). The van der Waals surface area contributed by atoms with Gasteiger partial charge in [-0.1, -0.05) is 42.0 Å². The molecule has 166 valence electrons. The number of rotatable bonds is 10. The molecule has 3 aromatic carbocycles. The SMILES string of the molecule is COc1ccc(CCC(=O)Nc2ccccc2C(=O)OCCOc2ccc(C)cc2)cc1. The molecular weight excluding hydrogens is 406 g/mol. The first kappa shape index (κ1) is 22.9. The highest BCUT2D eigenvalue weighted by Gasteiger charge is 2.14. The van der Waals surface area contributed by atoms with Gasteiger partial charge in [-0.15, -0.1) is 0 Å². The number of hydrogen-bond acceptors (Lipinski definition) is 5. The Bertz CT molecular complexity index is 1030. The Morgan fingerprint density at radius 1 is 0.844 bits per heavy atom. The maximum atomic E-state index is 12.5. The van der Waals surface area contributed by atoms with Crippen LogP contribution in [-0.2, 0) is 16.0 Å². The lowest BCUT2D eigenvalue weighted by Gasteiger charge is -2.12. The summed E-state index contributed by atoms with van der Waals surface area (Å²) in [6, 6.07) is 22.0. The molecule has 32 heavy (non-hydrogen) atoms. The predicted molar refractivity (Wildman–Crippen MR) is 123 cm³/mol. The van der Waals surface area contributed by atoms with Gasteiger partial charge in [0.05, 0.1) is 18.4 Å². The predicted octanol–water partition coefficient (Wildman–Crippen LogP) is 4.81. The van der Waals surface area contributed by atoms with E-state index in [1.54, 1.807) is 31.4 Å². The summed E-state index contributed by atoms with van der Waals surface area (Å²) in [7, 11) is 1.61. The third-order valence-corrected chi connectivity index (χ3v) is 4.83. The van der Waals surface area contributed by atoms with Crippen molar-refractivity contribution in [3.8, 4) is 11.5 Å². The molecule has 0 aromatic heterocycles. The van der Waals surface area contributed by atoms with Crippen molar-refractivity contribution in [3.05, 3.63) is 89.5 Å². The van der Waals surface area contributed by atoms with E-state index in [0.717, 1.165) is 22.6 Å². The molecule has 0 atom stereocenters. The molecule has 0 radical (unpaired) electrons. The van der Waals surface area contributed by atoms with E-state index in [9.17, 15) is 9.59 Å². The minimum absolute atomic E-state index is 0.104. The molecule has 6 nitrogen and oxygen atoms in total. The standard InChI is InChI=1S/C26H27NO5/c1-19-7-12-22(13-8-19)31-17-18-32-26(29)23-5-3-4-6-24(23)27-25(28)16-11-20-9-14-21(30-2)15-10-20/h3-10,12-15H,11,16-18H2,1-2H3,(H,27,28). The van der Waals surface area contributed by atoms with Crippen LogP contribution in [-0.4, -0.2) is 32.2 Å². The van der Waals surface area contributed by atoms with Crippen LogP contribution in [0, 0.1) is 6.92 Å². The van der Waals surface area contributed by atoms with Crippen LogP contribution in [0.15, 0.2) is 72.8 Å². The smallest absolute Gasteiger partial charge is 0.340 e. The van der Waals surface area contributed by atoms with Gasteiger partial charge in [-0.3, -0.25) is 4.79 Å². The number of carbonyl (C=O) groups excluding carboxylic acids is 2. The van der Waals surface area contributed by atoms with Crippen molar-refractivity contribution in [2.24, 2.45) is 0 Å². The van der Waals surface area contributed by atoms with Gasteiger partial charge < -0.3 is 19.5 Å². The monoisotopic (exact) mass is 433 g/mol. The van der Waals surface area contributed by atoms with E-state index in [1.807, 2.05) is 55.5 Å². The fraction of sp³-hybridized carbons (Fsp3) is 0.231. The second-order valence-corrected chi connectivity index (χ2v) is 7.24. The zero-order chi connectivity index (χ0) is 22.8. The van der Waals surface area contributed by atoms with Crippen LogP contribution in [0.5, 0.6) is 11.5 Å². The molecule has 0 unspecified atom stereocenters. The minimum Gasteiger partial charge on any atom is -0.497 e. The second-order valence-electron chi connectivity index (χ2n) is 7.24. The maximum absolute atomic E-state index is 12.5. The number of benzene rings is 3. The zero-order valence-electron chi connectivity index (χ0n) is 18.3. The summed E-state index contributed by atoms with van der Waals surface area (Å²) >= 11 is 0. The normalized spacial score (nSPS) is 10.3. The summed E-state index contributed by atoms with van der Waals surface area (Å²) in [4.78, 5) is 24.9. The first-order valence-electron chi connectivity index (χ1n) is 10.4. The summed E-state index contributed by atoms with van der Waals surface area (Å²) in [5, 5.41) is 2.81. The topological polar surface area (TPSA) is 73.9 Å². The molecule has 0 saturated carbocycles. The van der Waals surface area contributed by atoms with Crippen LogP contribution in [0.3, 0.4) is 0 Å². The summed E-state index contributed by atoms with van der Waals surface area (Å²) in [5.41, 5.74) is 2.91. The number of para-hydroxylation sites is 1. The zero-order valence-corrected chi connectivity index (χ0v) is 18.3. The lowest BCUT2D eigenvalue weighted by atomic mass is 10.1. The van der Waals surface area contributed by atoms with Crippen LogP contribution in [0.4, 0.5) is 5.69 Å². The number of amides is 1. The number of nitrogens with one attached hydrogen (secondary N) is 1. The Kier molecular flexibility index (Phi) is 8.26. The summed E-state index contributed by atoms with van der Waals surface area (Å²) < 4.78 is 16.0. The molecule has 0 spiro atoms. The van der Waals surface area contributed by atoms with Crippen molar-refractivity contribution >= 4 is 17.6 Å². The molecule has 0 aliphatic heterocycles. The number of esters is 1. The highest BCUT2D eigenvalue weighted by atomic mass is 16.6. The van der Waals surface area contributed by atoms with Crippen molar-refractivity contribution in [2.75, 3.05) is 25.6 Å². The summed E-state index contributed by atoms with van der Waals surface area (Å²) in [6.07, 6.45) is 0.874. The first-order chi connectivity index (χ1) is 15.5. The molecule has 3 aromatic rings. The van der Waals surface area contributed by atoms with Crippen LogP contribution >= 0.6 is 0 Å². The van der Waals surface area contributed by atoms with Crippen molar-refractivity contribution in [2.45, 2.75) is 19.8 Å². The van der Waals surface area contributed by atoms with E-state index in [-0.39, 0.29) is 19.1 Å². The Morgan fingerprint density at radius 2 is 1.53 bits per heavy atom. The quantitative estimate of drug-likeness (QED) is 0.367. The van der Waals surface area contributed by atoms with Gasteiger partial charge in [-0.2, -0.15) is 0 Å². The average molecular weight is 434 g/mol. The van der Waals surface area contributed by atoms with Gasteiger partial charge in [0.15, 0.2) is 0 Å². The lowest BCUT2D eigenvalue weighted by Crippen LogP contribution is -2.17. The Morgan fingerprint density at radius 3 is 2.25 bits per heavy atom. The molecule has 0 fully saturated rings. The van der Waals surface area contributed by atoms with E-state index in [0.29, 0.717) is 24.1 Å². The number of anilines is 1. The highest BCUT2D eigenvalue weighted by molar-refractivity contribution is 6.01. The number of methoxy groups -OCH3 is 1. The van der Waals surface area contributed by atoms with E-state index in [4.69, 9.17) is 14.2 Å². The van der Waals surface area contributed by atoms with Crippen LogP contribution in [0.25, 0.3) is 0 Å². The molecule has 0 saturated heterocycles. The van der Waals surface area contributed by atoms with Gasteiger partial charge in [-0.05, 0) is 55.3 Å². The van der Waals surface area contributed by atoms with Crippen LogP contribution < -0.4 is 14.8 Å². The molecular formula is C26H27NO5. The van der Waals surface area contributed by atoms with Gasteiger partial charge >= 0.3 is 5.97 Å². The number of aryl methyl sites for hydroxylation is 2. The second kappa shape index (κ2) is 11.6. The van der Waals surface area contributed by atoms with Crippen molar-refractivity contribution < 1.29 is 23.8 Å². The Hall–Kier alpha value is -3.80. The Labute approximate surface area is 188 Å². The Balaban J connectivity index is 1.48. The van der Waals surface area contributed by atoms with Gasteiger partial charge in [0.25, 0.3) is 0 Å². The van der Waals surface area contributed by atoms with Gasteiger partial charge in [-0.25, -0.2) is 4.79 Å². The average Bonchev–Trinajstić information content (AvgIpc) is 2.82. The number of hydrogen-bond donors (Lipinski definition) is 1. The molecule has 0 heterocycles. The molecule has 1 N–H and O–H groups in total. The first-order valence-corrected chi connectivity index (χ1v) is 10.4. The van der Waals surface area contributed by atoms with E-state index in [2.05, 4.69) is 5.32 Å². The third kappa shape index (κ3) is 6.87. The van der Waals surface area contributed by atoms with Gasteiger partial charge in [0.2, 0.25) is 5.91 Å². The highest BCUT2D eigenvalue weighted by Crippen LogP contribution is 2.18. The van der Waals surface area contributed by atoms with Crippen molar-refractivity contribution in [1.82, 2.24) is 0 Å². The molecule has 0 aliphatic rings. The van der Waals surface area contributed by atoms with E-state index >= 15 is 0 Å². The summed E-state index contributed by atoms with van der Waals surface area (Å²) in [5.74, 6) is 0.804. The maximum Gasteiger partial charge on any atom is 0.340 e. The summed E-state index contributed by atoms with van der Waals surface area (Å²) in [6.45, 7) is 2.35. The minimum atomic E-state index is -0.511. The largest absolute Gasteiger partial charge is 0.497 e. The lowest BCUT2D eigenvalue weighted by molar-refractivity contribution is -0.116. The fourth-order valence-electron chi connectivity index (χ4n) is 3.04. The fourth-order valence-corrected chi connectivity index (χ4v) is 3.04. The number of carbonyl (C=O) groups is 2. The van der Waals surface area contributed by atoms with Crippen molar-refractivity contribution in [3.63, 3.8) is 0 Å². The van der Waals surface area contributed by atoms with E-state index in [1.165, 1.54) is 0 Å². The molecule has 0 bridgehead atoms. The van der Waals surface area contributed by atoms with Gasteiger partial charge in [0.1, 0.15) is 24.7 Å².